The third kappa shape index (κ3) is 3.32. The fraction of sp³-hybridized carbons (Fsp3) is 0.526. The normalized spacial score (nSPS) is 24.5. The minimum absolute atomic E-state index is 0.302. The van der Waals surface area contributed by atoms with Crippen LogP contribution in [0.3, 0.4) is 0 Å². The van der Waals surface area contributed by atoms with Crippen molar-refractivity contribution in [2.45, 2.75) is 50.4 Å². The molecule has 1 aromatic heterocycles. The van der Waals surface area contributed by atoms with E-state index in [9.17, 15) is 0 Å². The van der Waals surface area contributed by atoms with Crippen LogP contribution in [0.1, 0.15) is 36.3 Å². The highest BCUT2D eigenvalue weighted by atomic mass is 16.5. The lowest BCUT2D eigenvalue weighted by Crippen LogP contribution is -2.33. The maximum absolute atomic E-state index is 5.75. The van der Waals surface area contributed by atoms with E-state index in [0.717, 1.165) is 32.0 Å². The summed E-state index contributed by atoms with van der Waals surface area (Å²) in [7, 11) is 1.81. The molecule has 2 N–H and O–H groups in total. The number of hydrogen-bond acceptors (Lipinski definition) is 4. The van der Waals surface area contributed by atoms with E-state index >= 15 is 0 Å². The monoisotopic (exact) mass is 326 g/mol. The average molecular weight is 326 g/mol. The summed E-state index contributed by atoms with van der Waals surface area (Å²) in [5.41, 5.74) is 8.77. The van der Waals surface area contributed by atoms with Gasteiger partial charge in [-0.15, -0.1) is 0 Å². The van der Waals surface area contributed by atoms with Gasteiger partial charge in [0.15, 0.2) is 0 Å². The molecule has 4 rings (SSSR count). The Hall–Kier alpha value is -1.85. The molecule has 128 valence electrons. The molecule has 1 aliphatic heterocycles. The van der Waals surface area contributed by atoms with E-state index in [1.54, 1.807) is 5.56 Å². The van der Waals surface area contributed by atoms with Crippen molar-refractivity contribution in [1.29, 1.82) is 0 Å². The molecule has 1 aromatic carbocycles. The van der Waals surface area contributed by atoms with E-state index in [1.165, 1.54) is 18.4 Å². The van der Waals surface area contributed by atoms with Crippen molar-refractivity contribution >= 4 is 5.82 Å². The second kappa shape index (κ2) is 6.57. The lowest BCUT2D eigenvalue weighted by Gasteiger charge is -2.25. The van der Waals surface area contributed by atoms with Crippen molar-refractivity contribution in [3.8, 4) is 0 Å². The summed E-state index contributed by atoms with van der Waals surface area (Å²) < 4.78 is 7.60. The Labute approximate surface area is 143 Å². The Morgan fingerprint density at radius 3 is 2.79 bits per heavy atom. The van der Waals surface area contributed by atoms with Gasteiger partial charge in [-0.05, 0) is 42.4 Å². The van der Waals surface area contributed by atoms with Gasteiger partial charge in [0, 0.05) is 32.4 Å². The molecule has 1 aliphatic carbocycles. The molecule has 2 heterocycles. The molecule has 5 nitrogen and oxygen atoms in total. The maximum atomic E-state index is 5.75. The highest BCUT2D eigenvalue weighted by Crippen LogP contribution is 2.42. The Bertz CT molecular complexity index is 694. The van der Waals surface area contributed by atoms with Crippen molar-refractivity contribution in [3.05, 3.63) is 47.7 Å². The molecule has 0 spiro atoms. The van der Waals surface area contributed by atoms with Gasteiger partial charge in [-0.2, -0.15) is 5.10 Å². The summed E-state index contributed by atoms with van der Waals surface area (Å²) in [6, 6.07) is 11.2. The molecule has 5 heteroatoms. The van der Waals surface area contributed by atoms with Crippen molar-refractivity contribution < 1.29 is 4.74 Å². The zero-order valence-electron chi connectivity index (χ0n) is 14.3. The predicted molar refractivity (Wildman–Crippen MR) is 94.7 cm³/mol. The molecule has 2 atom stereocenters. The van der Waals surface area contributed by atoms with Crippen molar-refractivity contribution in [1.82, 2.24) is 14.7 Å². The van der Waals surface area contributed by atoms with Gasteiger partial charge in [0.1, 0.15) is 5.82 Å². The van der Waals surface area contributed by atoms with Gasteiger partial charge in [0.25, 0.3) is 0 Å². The SMILES string of the molecule is CO[C@H]1C[C@@H](Cn2ccc(N)n2)N(Cc2ccccc2C2CC2)C1. The smallest absolute Gasteiger partial charge is 0.145 e. The number of aromatic nitrogens is 2. The number of ether oxygens (including phenoxy) is 1. The van der Waals surface area contributed by atoms with Gasteiger partial charge in [-0.25, -0.2) is 0 Å². The van der Waals surface area contributed by atoms with Crippen molar-refractivity contribution in [3.63, 3.8) is 0 Å². The van der Waals surface area contributed by atoms with Crippen LogP contribution in [-0.4, -0.2) is 40.5 Å². The van der Waals surface area contributed by atoms with Gasteiger partial charge >= 0.3 is 0 Å². The van der Waals surface area contributed by atoms with Crippen LogP contribution in [0.5, 0.6) is 0 Å². The van der Waals surface area contributed by atoms with Crippen LogP contribution in [0, 0.1) is 0 Å². The molecule has 2 aliphatic rings. The molecule has 0 unspecified atom stereocenters. The van der Waals surface area contributed by atoms with Gasteiger partial charge in [-0.1, -0.05) is 24.3 Å². The number of nitrogens with two attached hydrogens (primary N) is 1. The summed E-state index contributed by atoms with van der Waals surface area (Å²) in [6.45, 7) is 2.84. The predicted octanol–water partition coefficient (Wildman–Crippen LogP) is 2.63. The number of hydrogen-bond donors (Lipinski definition) is 1. The zero-order valence-corrected chi connectivity index (χ0v) is 14.3. The summed E-state index contributed by atoms with van der Waals surface area (Å²) in [5, 5.41) is 4.35. The van der Waals surface area contributed by atoms with Crippen LogP contribution in [-0.2, 0) is 17.8 Å². The third-order valence-electron chi connectivity index (χ3n) is 5.33. The lowest BCUT2D eigenvalue weighted by atomic mass is 10.0. The molecule has 0 radical (unpaired) electrons. The number of nitrogens with zero attached hydrogens (tertiary/aromatic N) is 3. The second-order valence-electron chi connectivity index (χ2n) is 7.11. The molecule has 0 bridgehead atoms. The molecule has 1 saturated carbocycles. The van der Waals surface area contributed by atoms with E-state index in [2.05, 4.69) is 34.3 Å². The number of nitrogen functional groups attached to an aromatic ring is 1. The first-order valence-electron chi connectivity index (χ1n) is 8.86. The molecular weight excluding hydrogens is 300 g/mol. The maximum Gasteiger partial charge on any atom is 0.145 e. The van der Waals surface area contributed by atoms with Crippen molar-refractivity contribution in [2.24, 2.45) is 0 Å². The van der Waals surface area contributed by atoms with Crippen LogP contribution < -0.4 is 5.73 Å². The number of anilines is 1. The molecule has 1 saturated heterocycles. The fourth-order valence-corrected chi connectivity index (χ4v) is 3.88. The van der Waals surface area contributed by atoms with E-state index in [-0.39, 0.29) is 0 Å². The van der Waals surface area contributed by atoms with Crippen LogP contribution in [0.15, 0.2) is 36.5 Å². The zero-order chi connectivity index (χ0) is 16.5. The van der Waals surface area contributed by atoms with E-state index in [4.69, 9.17) is 10.5 Å². The highest BCUT2D eigenvalue weighted by molar-refractivity contribution is 5.33. The molecule has 24 heavy (non-hydrogen) atoms. The molecular formula is C19H26N4O. The molecule has 2 fully saturated rings. The van der Waals surface area contributed by atoms with Crippen LogP contribution >= 0.6 is 0 Å². The van der Waals surface area contributed by atoms with E-state index < -0.39 is 0 Å². The van der Waals surface area contributed by atoms with Crippen LogP contribution in [0.4, 0.5) is 5.82 Å². The topological polar surface area (TPSA) is 56.3 Å². The quantitative estimate of drug-likeness (QED) is 0.886. The molecule has 0 amide bonds. The Balaban J connectivity index is 1.51. The number of benzene rings is 1. The Morgan fingerprint density at radius 1 is 1.25 bits per heavy atom. The summed E-state index contributed by atoms with van der Waals surface area (Å²) in [5.74, 6) is 1.37. The number of methoxy groups -OCH3 is 1. The summed E-state index contributed by atoms with van der Waals surface area (Å²) >= 11 is 0. The summed E-state index contributed by atoms with van der Waals surface area (Å²) in [6.07, 6.45) is 5.99. The van der Waals surface area contributed by atoms with Gasteiger partial charge in [-0.3, -0.25) is 9.58 Å². The van der Waals surface area contributed by atoms with E-state index in [1.807, 2.05) is 24.1 Å². The fourth-order valence-electron chi connectivity index (χ4n) is 3.88. The van der Waals surface area contributed by atoms with Gasteiger partial charge < -0.3 is 10.5 Å². The second-order valence-corrected chi connectivity index (χ2v) is 7.11. The Kier molecular flexibility index (Phi) is 4.29. The molecule has 2 aromatic rings. The standard InChI is InChI=1S/C19H26N4O/c1-24-17-10-16(12-23-9-8-19(20)21-23)22(13-17)11-15-4-2-3-5-18(15)14-6-7-14/h2-5,8-9,14,16-17H,6-7,10-13H2,1H3,(H2,20,21)/t16-,17-/m0/s1. The minimum Gasteiger partial charge on any atom is -0.382 e. The van der Waals surface area contributed by atoms with Crippen molar-refractivity contribution in [2.75, 3.05) is 19.4 Å². The largest absolute Gasteiger partial charge is 0.382 e. The van der Waals surface area contributed by atoms with Crippen LogP contribution in [0.25, 0.3) is 0 Å². The third-order valence-corrected chi connectivity index (χ3v) is 5.33. The number of likely N-dealkylation sites (tertiary alicyclic amines) is 1. The van der Waals surface area contributed by atoms with E-state index in [0.29, 0.717) is 18.0 Å². The van der Waals surface area contributed by atoms with Crippen LogP contribution in [0.2, 0.25) is 0 Å². The minimum atomic E-state index is 0.302. The van der Waals surface area contributed by atoms with Gasteiger partial charge in [0.05, 0.1) is 12.6 Å². The number of rotatable bonds is 6. The lowest BCUT2D eigenvalue weighted by molar-refractivity contribution is 0.107. The average Bonchev–Trinajstić information content (AvgIpc) is 3.25. The first kappa shape index (κ1) is 15.7. The first-order chi connectivity index (χ1) is 11.7. The summed E-state index contributed by atoms with van der Waals surface area (Å²) in [4.78, 5) is 2.55. The van der Waals surface area contributed by atoms with Gasteiger partial charge in [0.2, 0.25) is 0 Å². The first-order valence-corrected chi connectivity index (χ1v) is 8.86. The highest BCUT2D eigenvalue weighted by Gasteiger charge is 2.34. The Morgan fingerprint density at radius 2 is 2.08 bits per heavy atom.